The van der Waals surface area contributed by atoms with Gasteiger partial charge in [-0.25, -0.2) is 9.18 Å². The Bertz CT molecular complexity index is 877. The van der Waals surface area contributed by atoms with Gasteiger partial charge in [-0.05, 0) is 36.4 Å². The zero-order chi connectivity index (χ0) is 20.5. The summed E-state index contributed by atoms with van der Waals surface area (Å²) in [4.78, 5) is 26.1. The third kappa shape index (κ3) is 5.20. The zero-order valence-corrected chi connectivity index (χ0v) is 15.5. The minimum atomic E-state index is -0.743. The van der Waals surface area contributed by atoms with Gasteiger partial charge in [0.1, 0.15) is 22.9 Å². The van der Waals surface area contributed by atoms with E-state index in [-0.39, 0.29) is 24.3 Å². The van der Waals surface area contributed by atoms with Crippen LogP contribution in [0.4, 0.5) is 10.1 Å². The van der Waals surface area contributed by atoms with Gasteiger partial charge in [0, 0.05) is 18.3 Å². The second-order valence-corrected chi connectivity index (χ2v) is 5.57. The number of amides is 1. The third-order valence-corrected chi connectivity index (χ3v) is 3.84. The standard InChI is InChI=1S/C20H19FN2O5/c1-26-16-8-9-17(18(12-16)27-2)20(25)28-13-19(24)23(11-3-10-22)15-6-4-14(21)5-7-15/h4-9,12H,3,11,13H2,1-2H3. The molecule has 0 heterocycles. The first kappa shape index (κ1) is 20.7. The fraction of sp³-hybridized carbons (Fsp3) is 0.250. The van der Waals surface area contributed by atoms with Crippen molar-refractivity contribution in [2.45, 2.75) is 6.42 Å². The first-order chi connectivity index (χ1) is 13.5. The molecule has 0 atom stereocenters. The number of nitriles is 1. The molecule has 0 aliphatic heterocycles. The lowest BCUT2D eigenvalue weighted by Gasteiger charge is -2.21. The van der Waals surface area contributed by atoms with Gasteiger partial charge in [-0.3, -0.25) is 4.79 Å². The number of ether oxygens (including phenoxy) is 3. The summed E-state index contributed by atoms with van der Waals surface area (Å²) in [5.74, 6) is -0.982. The van der Waals surface area contributed by atoms with Gasteiger partial charge in [0.2, 0.25) is 0 Å². The van der Waals surface area contributed by atoms with Gasteiger partial charge in [0.25, 0.3) is 5.91 Å². The van der Waals surface area contributed by atoms with Crippen LogP contribution >= 0.6 is 0 Å². The van der Waals surface area contributed by atoms with Crippen molar-refractivity contribution in [2.75, 3.05) is 32.3 Å². The summed E-state index contributed by atoms with van der Waals surface area (Å²) in [5, 5.41) is 8.80. The molecule has 8 heteroatoms. The number of esters is 1. The van der Waals surface area contributed by atoms with Crippen LogP contribution in [0, 0.1) is 17.1 Å². The number of halogens is 1. The average molecular weight is 386 g/mol. The predicted octanol–water partition coefficient (Wildman–Crippen LogP) is 2.95. The minimum Gasteiger partial charge on any atom is -0.497 e. The van der Waals surface area contributed by atoms with Crippen molar-refractivity contribution < 1.29 is 28.2 Å². The Kier molecular flexibility index (Phi) is 7.34. The number of methoxy groups -OCH3 is 2. The second kappa shape index (κ2) is 9.92. The summed E-state index contributed by atoms with van der Waals surface area (Å²) < 4.78 is 28.4. The van der Waals surface area contributed by atoms with E-state index >= 15 is 0 Å². The van der Waals surface area contributed by atoms with Crippen LogP contribution in [0.5, 0.6) is 11.5 Å². The molecular formula is C20H19FN2O5. The van der Waals surface area contributed by atoms with E-state index in [1.54, 1.807) is 6.07 Å². The van der Waals surface area contributed by atoms with Crippen molar-refractivity contribution in [2.24, 2.45) is 0 Å². The first-order valence-corrected chi connectivity index (χ1v) is 8.32. The lowest BCUT2D eigenvalue weighted by molar-refractivity contribution is -0.121. The average Bonchev–Trinajstić information content (AvgIpc) is 2.72. The molecule has 0 aromatic heterocycles. The summed E-state index contributed by atoms with van der Waals surface area (Å²) in [6.45, 7) is -0.457. The Labute approximate surface area is 161 Å². The van der Waals surface area contributed by atoms with Crippen molar-refractivity contribution in [1.29, 1.82) is 5.26 Å². The van der Waals surface area contributed by atoms with Crippen molar-refractivity contribution in [3.8, 4) is 17.6 Å². The quantitative estimate of drug-likeness (QED) is 0.648. The highest BCUT2D eigenvalue weighted by atomic mass is 19.1. The molecule has 0 N–H and O–H groups in total. The van der Waals surface area contributed by atoms with Crippen molar-refractivity contribution in [3.05, 3.63) is 53.8 Å². The van der Waals surface area contributed by atoms with Gasteiger partial charge in [0.05, 0.1) is 26.7 Å². The van der Waals surface area contributed by atoms with Gasteiger partial charge in [-0.15, -0.1) is 0 Å². The lowest BCUT2D eigenvalue weighted by atomic mass is 10.2. The predicted molar refractivity (Wildman–Crippen MR) is 98.8 cm³/mol. The molecule has 0 spiro atoms. The van der Waals surface area contributed by atoms with E-state index in [1.807, 2.05) is 6.07 Å². The maximum atomic E-state index is 13.1. The Balaban J connectivity index is 2.10. The van der Waals surface area contributed by atoms with Gasteiger partial charge >= 0.3 is 5.97 Å². The first-order valence-electron chi connectivity index (χ1n) is 8.32. The molecule has 0 unspecified atom stereocenters. The Morgan fingerprint density at radius 2 is 1.82 bits per heavy atom. The molecule has 28 heavy (non-hydrogen) atoms. The van der Waals surface area contributed by atoms with E-state index in [9.17, 15) is 14.0 Å². The molecule has 0 saturated carbocycles. The van der Waals surface area contributed by atoms with E-state index in [0.717, 1.165) is 0 Å². The Morgan fingerprint density at radius 3 is 2.43 bits per heavy atom. The second-order valence-electron chi connectivity index (χ2n) is 5.57. The van der Waals surface area contributed by atoms with E-state index < -0.39 is 24.3 Å². The minimum absolute atomic E-state index is 0.0728. The number of benzene rings is 2. The number of carbonyl (C=O) groups is 2. The number of anilines is 1. The third-order valence-electron chi connectivity index (χ3n) is 3.84. The normalized spacial score (nSPS) is 9.93. The van der Waals surface area contributed by atoms with Crippen molar-refractivity contribution in [3.63, 3.8) is 0 Å². The van der Waals surface area contributed by atoms with E-state index in [1.165, 1.54) is 55.5 Å². The highest BCUT2D eigenvalue weighted by Crippen LogP contribution is 2.25. The Morgan fingerprint density at radius 1 is 1.11 bits per heavy atom. The van der Waals surface area contributed by atoms with Crippen LogP contribution in [0.1, 0.15) is 16.8 Å². The lowest BCUT2D eigenvalue weighted by Crippen LogP contribution is -2.35. The molecule has 146 valence electrons. The van der Waals surface area contributed by atoms with Crippen LogP contribution in [0.2, 0.25) is 0 Å². The van der Waals surface area contributed by atoms with E-state index in [0.29, 0.717) is 11.4 Å². The highest BCUT2D eigenvalue weighted by Gasteiger charge is 2.20. The number of hydrogen-bond acceptors (Lipinski definition) is 6. The summed E-state index contributed by atoms with van der Waals surface area (Å²) >= 11 is 0. The number of hydrogen-bond donors (Lipinski definition) is 0. The van der Waals surface area contributed by atoms with Crippen LogP contribution in [0.3, 0.4) is 0 Å². The number of rotatable bonds is 8. The number of carbonyl (C=O) groups excluding carboxylic acids is 2. The van der Waals surface area contributed by atoms with Gasteiger partial charge in [0.15, 0.2) is 6.61 Å². The molecule has 1 amide bonds. The van der Waals surface area contributed by atoms with Crippen LogP contribution in [0.25, 0.3) is 0 Å². The van der Waals surface area contributed by atoms with Gasteiger partial charge < -0.3 is 19.1 Å². The van der Waals surface area contributed by atoms with E-state index in [2.05, 4.69) is 0 Å². The molecule has 0 saturated heterocycles. The molecule has 0 aliphatic rings. The fourth-order valence-corrected chi connectivity index (χ4v) is 2.43. The Hall–Kier alpha value is -3.60. The molecule has 2 aromatic carbocycles. The molecule has 0 aliphatic carbocycles. The van der Waals surface area contributed by atoms with E-state index in [4.69, 9.17) is 19.5 Å². The summed E-state index contributed by atoms with van der Waals surface area (Å²) in [6.07, 6.45) is 0.0728. The summed E-state index contributed by atoms with van der Waals surface area (Å²) in [5.41, 5.74) is 0.543. The molecule has 2 rings (SSSR count). The molecular weight excluding hydrogens is 367 g/mol. The maximum Gasteiger partial charge on any atom is 0.342 e. The molecule has 0 fully saturated rings. The highest BCUT2D eigenvalue weighted by molar-refractivity contribution is 5.98. The van der Waals surface area contributed by atoms with Crippen molar-refractivity contribution >= 4 is 17.6 Å². The SMILES string of the molecule is COc1ccc(C(=O)OCC(=O)N(CCC#N)c2ccc(F)cc2)c(OC)c1. The maximum absolute atomic E-state index is 13.1. The summed E-state index contributed by atoms with van der Waals surface area (Å²) in [6, 6.07) is 11.7. The smallest absolute Gasteiger partial charge is 0.342 e. The van der Waals surface area contributed by atoms with Crippen LogP contribution in [-0.4, -0.2) is 39.2 Å². The van der Waals surface area contributed by atoms with Gasteiger partial charge in [-0.2, -0.15) is 5.26 Å². The molecule has 2 aromatic rings. The molecule has 7 nitrogen and oxygen atoms in total. The topological polar surface area (TPSA) is 88.9 Å². The largest absolute Gasteiger partial charge is 0.497 e. The fourth-order valence-electron chi connectivity index (χ4n) is 2.43. The van der Waals surface area contributed by atoms with Crippen LogP contribution < -0.4 is 14.4 Å². The molecule has 0 bridgehead atoms. The molecule has 0 radical (unpaired) electrons. The van der Waals surface area contributed by atoms with Crippen molar-refractivity contribution in [1.82, 2.24) is 0 Å². The monoisotopic (exact) mass is 386 g/mol. The van der Waals surface area contributed by atoms with Crippen LogP contribution in [-0.2, 0) is 9.53 Å². The summed E-state index contributed by atoms with van der Waals surface area (Å²) in [7, 11) is 2.88. The van der Waals surface area contributed by atoms with Crippen LogP contribution in [0.15, 0.2) is 42.5 Å². The number of nitrogens with zero attached hydrogens (tertiary/aromatic N) is 2. The van der Waals surface area contributed by atoms with Gasteiger partial charge in [-0.1, -0.05) is 0 Å². The zero-order valence-electron chi connectivity index (χ0n) is 15.5.